The Morgan fingerprint density at radius 1 is 1.08 bits per heavy atom. The minimum Gasteiger partial charge on any atom is -0.270 e. The third kappa shape index (κ3) is 3.59. The van der Waals surface area contributed by atoms with E-state index in [0.29, 0.717) is 11.7 Å². The van der Waals surface area contributed by atoms with Crippen LogP contribution in [0.4, 0.5) is 0 Å². The fraction of sp³-hybridized carbons (Fsp3) is 0.250. The molecule has 0 radical (unpaired) electrons. The van der Waals surface area contributed by atoms with Gasteiger partial charge in [0, 0.05) is 5.56 Å². The van der Waals surface area contributed by atoms with Crippen LogP contribution in [0.25, 0.3) is 17.1 Å². The second-order valence-electron chi connectivity index (χ2n) is 6.17. The highest BCUT2D eigenvalue weighted by Crippen LogP contribution is 2.32. The van der Waals surface area contributed by atoms with E-state index in [-0.39, 0.29) is 0 Å². The monoisotopic (exact) mass is 348 g/mol. The number of aromatic nitrogens is 3. The number of benzene rings is 2. The number of rotatable bonds is 5. The van der Waals surface area contributed by atoms with Gasteiger partial charge in [-0.15, -0.1) is 10.2 Å². The van der Waals surface area contributed by atoms with Crippen molar-refractivity contribution in [2.75, 3.05) is 5.75 Å². The van der Waals surface area contributed by atoms with Crippen LogP contribution in [0.2, 0.25) is 0 Å². The standard InChI is InChI=1S/C20H20N4S/c1-14(2)17-6-4-5-7-18(17)24-19(16-10-8-15(3)9-11-16)22-23-20(24)25-13-12-21/h4-11,14H,13H2,1-3H3. The topological polar surface area (TPSA) is 54.5 Å². The maximum Gasteiger partial charge on any atom is 0.197 e. The van der Waals surface area contributed by atoms with Crippen LogP contribution in [0, 0.1) is 18.3 Å². The van der Waals surface area contributed by atoms with Crippen molar-refractivity contribution in [2.24, 2.45) is 0 Å². The molecule has 0 bridgehead atoms. The minimum absolute atomic E-state index is 0.343. The van der Waals surface area contributed by atoms with Gasteiger partial charge < -0.3 is 0 Å². The number of aryl methyl sites for hydroxylation is 1. The van der Waals surface area contributed by atoms with Crippen molar-refractivity contribution >= 4 is 11.8 Å². The van der Waals surface area contributed by atoms with Crippen molar-refractivity contribution in [2.45, 2.75) is 31.8 Å². The van der Waals surface area contributed by atoms with E-state index in [0.717, 1.165) is 22.2 Å². The Morgan fingerprint density at radius 2 is 1.80 bits per heavy atom. The molecule has 0 fully saturated rings. The summed E-state index contributed by atoms with van der Waals surface area (Å²) in [6.07, 6.45) is 0. The van der Waals surface area contributed by atoms with Crippen LogP contribution in [-0.4, -0.2) is 20.5 Å². The molecule has 4 nitrogen and oxygen atoms in total. The zero-order chi connectivity index (χ0) is 17.8. The predicted octanol–water partition coefficient (Wildman–Crippen LogP) is 4.98. The van der Waals surface area contributed by atoms with Crippen LogP contribution in [0.15, 0.2) is 53.7 Å². The summed E-state index contributed by atoms with van der Waals surface area (Å²) < 4.78 is 2.07. The fourth-order valence-corrected chi connectivity index (χ4v) is 3.35. The van der Waals surface area contributed by atoms with Crippen LogP contribution in [-0.2, 0) is 0 Å². The molecule has 126 valence electrons. The van der Waals surface area contributed by atoms with Crippen LogP contribution in [0.3, 0.4) is 0 Å². The molecule has 0 aliphatic rings. The molecular formula is C20H20N4S. The van der Waals surface area contributed by atoms with Crippen molar-refractivity contribution in [3.8, 4) is 23.1 Å². The van der Waals surface area contributed by atoms with Gasteiger partial charge >= 0.3 is 0 Å². The summed E-state index contributed by atoms with van der Waals surface area (Å²) in [4.78, 5) is 0. The number of nitrogens with zero attached hydrogens (tertiary/aromatic N) is 4. The summed E-state index contributed by atoms with van der Waals surface area (Å²) >= 11 is 1.41. The predicted molar refractivity (Wildman–Crippen MR) is 102 cm³/mol. The molecule has 1 heterocycles. The first-order valence-corrected chi connectivity index (χ1v) is 9.22. The van der Waals surface area contributed by atoms with E-state index < -0.39 is 0 Å². The first-order valence-electron chi connectivity index (χ1n) is 8.23. The van der Waals surface area contributed by atoms with Crippen molar-refractivity contribution in [1.82, 2.24) is 14.8 Å². The number of para-hydroxylation sites is 1. The smallest absolute Gasteiger partial charge is 0.197 e. The molecule has 0 aliphatic heterocycles. The van der Waals surface area contributed by atoms with Gasteiger partial charge in [0.1, 0.15) is 0 Å². The molecule has 3 aromatic rings. The SMILES string of the molecule is Cc1ccc(-c2nnc(SCC#N)n2-c2ccccc2C(C)C)cc1. The number of hydrogen-bond donors (Lipinski definition) is 0. The van der Waals surface area contributed by atoms with Gasteiger partial charge in [-0.2, -0.15) is 5.26 Å². The Kier molecular flexibility index (Phi) is 5.20. The number of nitriles is 1. The fourth-order valence-electron chi connectivity index (χ4n) is 2.75. The van der Waals surface area contributed by atoms with E-state index in [1.165, 1.54) is 22.9 Å². The molecule has 3 rings (SSSR count). The molecule has 0 N–H and O–H groups in total. The Labute approximate surface area is 152 Å². The van der Waals surface area contributed by atoms with E-state index in [4.69, 9.17) is 5.26 Å². The molecule has 0 saturated heterocycles. The van der Waals surface area contributed by atoms with Crippen molar-refractivity contribution in [1.29, 1.82) is 5.26 Å². The molecule has 0 unspecified atom stereocenters. The van der Waals surface area contributed by atoms with Gasteiger partial charge in [-0.3, -0.25) is 4.57 Å². The van der Waals surface area contributed by atoms with E-state index >= 15 is 0 Å². The Hall–Kier alpha value is -2.58. The van der Waals surface area contributed by atoms with Crippen molar-refractivity contribution < 1.29 is 0 Å². The summed E-state index contributed by atoms with van der Waals surface area (Å²) in [5.74, 6) is 1.52. The highest BCUT2D eigenvalue weighted by atomic mass is 32.2. The molecule has 2 aromatic carbocycles. The molecule has 1 aromatic heterocycles. The summed E-state index contributed by atoms with van der Waals surface area (Å²) in [6, 6.07) is 18.7. The maximum atomic E-state index is 8.96. The molecule has 0 saturated carbocycles. The minimum atomic E-state index is 0.343. The largest absolute Gasteiger partial charge is 0.270 e. The molecular weight excluding hydrogens is 328 g/mol. The van der Waals surface area contributed by atoms with Crippen molar-refractivity contribution in [3.05, 3.63) is 59.7 Å². The lowest BCUT2D eigenvalue weighted by atomic mass is 10.0. The third-order valence-electron chi connectivity index (χ3n) is 4.01. The van der Waals surface area contributed by atoms with Gasteiger partial charge in [0.25, 0.3) is 0 Å². The van der Waals surface area contributed by atoms with Gasteiger partial charge in [0.2, 0.25) is 0 Å². The van der Waals surface area contributed by atoms with Gasteiger partial charge in [0.05, 0.1) is 17.5 Å². The van der Waals surface area contributed by atoms with E-state index in [2.05, 4.69) is 84.1 Å². The molecule has 0 aliphatic carbocycles. The highest BCUT2D eigenvalue weighted by molar-refractivity contribution is 7.99. The van der Waals surface area contributed by atoms with Crippen LogP contribution in [0.1, 0.15) is 30.9 Å². The summed E-state index contributed by atoms with van der Waals surface area (Å²) in [7, 11) is 0. The zero-order valence-electron chi connectivity index (χ0n) is 14.6. The first kappa shape index (κ1) is 17.2. The molecule has 25 heavy (non-hydrogen) atoms. The maximum absolute atomic E-state index is 8.96. The summed E-state index contributed by atoms with van der Waals surface area (Å²) in [6.45, 7) is 6.42. The first-order chi connectivity index (χ1) is 12.1. The van der Waals surface area contributed by atoms with E-state index in [9.17, 15) is 0 Å². The summed E-state index contributed by atoms with van der Waals surface area (Å²) in [5, 5.41) is 18.5. The van der Waals surface area contributed by atoms with Crippen LogP contribution >= 0.6 is 11.8 Å². The zero-order valence-corrected chi connectivity index (χ0v) is 15.4. The average molecular weight is 348 g/mol. The molecule has 5 heteroatoms. The molecule has 0 spiro atoms. The average Bonchev–Trinajstić information content (AvgIpc) is 3.04. The lowest BCUT2D eigenvalue weighted by Gasteiger charge is -2.16. The second kappa shape index (κ2) is 7.54. The summed E-state index contributed by atoms with van der Waals surface area (Å²) in [5.41, 5.74) is 4.52. The van der Waals surface area contributed by atoms with E-state index in [1.54, 1.807) is 0 Å². The second-order valence-corrected chi connectivity index (χ2v) is 7.11. The van der Waals surface area contributed by atoms with Crippen LogP contribution in [0.5, 0.6) is 0 Å². The van der Waals surface area contributed by atoms with Gasteiger partial charge in [-0.1, -0.05) is 73.6 Å². The highest BCUT2D eigenvalue weighted by Gasteiger charge is 2.19. The number of hydrogen-bond acceptors (Lipinski definition) is 4. The third-order valence-corrected chi connectivity index (χ3v) is 4.80. The Morgan fingerprint density at radius 3 is 2.48 bits per heavy atom. The van der Waals surface area contributed by atoms with Gasteiger partial charge in [-0.25, -0.2) is 0 Å². The molecule has 0 amide bonds. The number of thioether (sulfide) groups is 1. The van der Waals surface area contributed by atoms with Crippen molar-refractivity contribution in [3.63, 3.8) is 0 Å². The Bertz CT molecular complexity index is 904. The normalized spacial score (nSPS) is 10.8. The van der Waals surface area contributed by atoms with Gasteiger partial charge in [0.15, 0.2) is 11.0 Å². The van der Waals surface area contributed by atoms with Gasteiger partial charge in [-0.05, 0) is 24.5 Å². The van der Waals surface area contributed by atoms with Crippen LogP contribution < -0.4 is 0 Å². The Balaban J connectivity index is 2.21. The van der Waals surface area contributed by atoms with E-state index in [1.807, 2.05) is 6.07 Å². The quantitative estimate of drug-likeness (QED) is 0.610. The lowest BCUT2D eigenvalue weighted by molar-refractivity contribution is 0.819. The molecule has 0 atom stereocenters. The lowest BCUT2D eigenvalue weighted by Crippen LogP contribution is -2.04.